The van der Waals surface area contributed by atoms with Crippen LogP contribution in [0.25, 0.3) is 0 Å². The Labute approximate surface area is 131 Å². The Hall–Kier alpha value is -1.26. The average Bonchev–Trinajstić information content (AvgIpc) is 2.96. The molecule has 2 N–H and O–H groups in total. The van der Waals surface area contributed by atoms with Crippen molar-refractivity contribution in [3.63, 3.8) is 0 Å². The number of carbonyl (C=O) groups is 1. The highest BCUT2D eigenvalue weighted by Gasteiger charge is 2.16. The van der Waals surface area contributed by atoms with Gasteiger partial charge in [-0.15, -0.1) is 0 Å². The maximum Gasteiger partial charge on any atom is 0.220 e. The fraction of sp³-hybridized carbons (Fsp3) is 0.562. The largest absolute Gasteiger partial charge is 0.489 e. The highest BCUT2D eigenvalue weighted by Crippen LogP contribution is 2.18. The lowest BCUT2D eigenvalue weighted by molar-refractivity contribution is -0.121. The second-order valence-corrected chi connectivity index (χ2v) is 6.02. The van der Waals surface area contributed by atoms with Crippen LogP contribution in [-0.4, -0.2) is 31.6 Å². The second kappa shape index (κ2) is 8.25. The summed E-state index contributed by atoms with van der Waals surface area (Å²) in [5.41, 5.74) is 0. The highest BCUT2D eigenvalue weighted by atomic mass is 35.5. The van der Waals surface area contributed by atoms with Gasteiger partial charge in [0.2, 0.25) is 5.91 Å². The average molecular weight is 311 g/mol. The minimum Gasteiger partial charge on any atom is -0.489 e. The number of hydrogen-bond acceptors (Lipinski definition) is 3. The van der Waals surface area contributed by atoms with Crippen LogP contribution in [-0.2, 0) is 4.79 Å². The zero-order valence-corrected chi connectivity index (χ0v) is 13.2. The molecule has 5 heteroatoms. The summed E-state index contributed by atoms with van der Waals surface area (Å²) in [4.78, 5) is 11.8. The van der Waals surface area contributed by atoms with Gasteiger partial charge in [-0.3, -0.25) is 4.79 Å². The molecule has 0 radical (unpaired) electrons. The summed E-state index contributed by atoms with van der Waals surface area (Å²) in [5.74, 6) is 1.47. The number of rotatable bonds is 7. The quantitative estimate of drug-likeness (QED) is 0.814. The first-order valence-corrected chi connectivity index (χ1v) is 7.91. The lowest BCUT2D eigenvalue weighted by atomic mass is 10.0. The maximum atomic E-state index is 11.8. The van der Waals surface area contributed by atoms with Gasteiger partial charge in [-0.1, -0.05) is 17.7 Å². The molecule has 1 saturated heterocycles. The van der Waals surface area contributed by atoms with Crippen LogP contribution in [0.2, 0.25) is 5.02 Å². The molecule has 4 nitrogen and oxygen atoms in total. The van der Waals surface area contributed by atoms with Gasteiger partial charge in [0.25, 0.3) is 0 Å². The summed E-state index contributed by atoms with van der Waals surface area (Å²) in [5, 5.41) is 6.89. The predicted molar refractivity (Wildman–Crippen MR) is 84.8 cm³/mol. The molecule has 21 heavy (non-hydrogen) atoms. The molecule has 1 fully saturated rings. The number of benzene rings is 1. The van der Waals surface area contributed by atoms with Crippen molar-refractivity contribution in [2.24, 2.45) is 5.92 Å². The molecule has 2 rings (SSSR count). The van der Waals surface area contributed by atoms with Crippen molar-refractivity contribution in [2.75, 3.05) is 19.6 Å². The molecule has 1 aliphatic rings. The van der Waals surface area contributed by atoms with Gasteiger partial charge in [0.05, 0.1) is 6.54 Å². The number of nitrogens with one attached hydrogen (secondary N) is 2. The van der Waals surface area contributed by atoms with Crippen LogP contribution >= 0.6 is 11.6 Å². The van der Waals surface area contributed by atoms with Gasteiger partial charge >= 0.3 is 0 Å². The summed E-state index contributed by atoms with van der Waals surface area (Å²) in [6.07, 6.45) is 2.65. The molecule has 2 unspecified atom stereocenters. The van der Waals surface area contributed by atoms with Crippen molar-refractivity contribution in [3.05, 3.63) is 29.3 Å². The van der Waals surface area contributed by atoms with E-state index in [2.05, 4.69) is 10.6 Å². The van der Waals surface area contributed by atoms with Gasteiger partial charge in [0.15, 0.2) is 0 Å². The molecular weight excluding hydrogens is 288 g/mol. The van der Waals surface area contributed by atoms with E-state index in [0.717, 1.165) is 25.3 Å². The van der Waals surface area contributed by atoms with Crippen molar-refractivity contribution in [1.29, 1.82) is 0 Å². The minimum atomic E-state index is -0.0828. The molecule has 0 aromatic heterocycles. The monoisotopic (exact) mass is 310 g/mol. The minimum absolute atomic E-state index is 0.0828. The molecule has 1 aromatic rings. The fourth-order valence-corrected chi connectivity index (χ4v) is 2.64. The summed E-state index contributed by atoms with van der Waals surface area (Å²) < 4.78 is 5.71. The van der Waals surface area contributed by atoms with Gasteiger partial charge < -0.3 is 15.4 Å². The number of halogens is 1. The highest BCUT2D eigenvalue weighted by molar-refractivity contribution is 6.30. The van der Waals surface area contributed by atoms with Gasteiger partial charge in [-0.25, -0.2) is 0 Å². The van der Waals surface area contributed by atoms with E-state index in [-0.39, 0.29) is 12.0 Å². The van der Waals surface area contributed by atoms with Crippen LogP contribution in [0.15, 0.2) is 24.3 Å². The zero-order chi connectivity index (χ0) is 15.1. The molecule has 0 spiro atoms. The first-order valence-electron chi connectivity index (χ1n) is 7.53. The second-order valence-electron chi connectivity index (χ2n) is 5.59. The van der Waals surface area contributed by atoms with Gasteiger partial charge in [0, 0.05) is 11.4 Å². The number of hydrogen-bond donors (Lipinski definition) is 2. The molecule has 1 amide bonds. The first-order chi connectivity index (χ1) is 10.1. The normalized spacial score (nSPS) is 19.2. The van der Waals surface area contributed by atoms with E-state index in [4.69, 9.17) is 16.3 Å². The Kier molecular flexibility index (Phi) is 6.33. The Morgan fingerprint density at radius 3 is 3.14 bits per heavy atom. The molecule has 0 saturated carbocycles. The van der Waals surface area contributed by atoms with E-state index in [1.54, 1.807) is 12.1 Å². The van der Waals surface area contributed by atoms with Crippen molar-refractivity contribution >= 4 is 17.5 Å². The summed E-state index contributed by atoms with van der Waals surface area (Å²) in [7, 11) is 0. The molecule has 116 valence electrons. The van der Waals surface area contributed by atoms with Crippen LogP contribution < -0.4 is 15.4 Å². The molecule has 1 heterocycles. The lowest BCUT2D eigenvalue weighted by Crippen LogP contribution is -2.33. The predicted octanol–water partition coefficient (Wildman–Crippen LogP) is 2.61. The molecule has 2 atom stereocenters. The van der Waals surface area contributed by atoms with E-state index in [1.165, 1.54) is 6.42 Å². The molecule has 1 aliphatic heterocycles. The smallest absolute Gasteiger partial charge is 0.220 e. The number of ether oxygens (including phenoxy) is 1. The van der Waals surface area contributed by atoms with E-state index < -0.39 is 0 Å². The Balaban J connectivity index is 1.63. The van der Waals surface area contributed by atoms with Crippen LogP contribution in [0.1, 0.15) is 26.2 Å². The van der Waals surface area contributed by atoms with Crippen LogP contribution in [0.4, 0.5) is 0 Å². The third-order valence-electron chi connectivity index (χ3n) is 3.66. The number of amides is 1. The number of carbonyl (C=O) groups excluding carboxylic acids is 1. The van der Waals surface area contributed by atoms with Crippen LogP contribution in [0.5, 0.6) is 5.75 Å². The van der Waals surface area contributed by atoms with Crippen LogP contribution in [0.3, 0.4) is 0 Å². The first kappa shape index (κ1) is 16.1. The third-order valence-corrected chi connectivity index (χ3v) is 3.90. The molecule has 0 bridgehead atoms. The molecule has 0 aliphatic carbocycles. The SMILES string of the molecule is CC(CNC(=O)CCC1CCNC1)Oc1cccc(Cl)c1. The van der Waals surface area contributed by atoms with Crippen molar-refractivity contribution in [1.82, 2.24) is 10.6 Å². The van der Waals surface area contributed by atoms with E-state index >= 15 is 0 Å². The zero-order valence-electron chi connectivity index (χ0n) is 12.4. The van der Waals surface area contributed by atoms with Crippen molar-refractivity contribution in [3.8, 4) is 5.75 Å². The van der Waals surface area contributed by atoms with Gasteiger partial charge in [0.1, 0.15) is 11.9 Å². The van der Waals surface area contributed by atoms with E-state index in [1.807, 2.05) is 19.1 Å². The van der Waals surface area contributed by atoms with Crippen molar-refractivity contribution in [2.45, 2.75) is 32.3 Å². The molecule has 1 aromatic carbocycles. The van der Waals surface area contributed by atoms with Gasteiger partial charge in [-0.05, 0) is 57.0 Å². The Morgan fingerprint density at radius 1 is 1.57 bits per heavy atom. The van der Waals surface area contributed by atoms with E-state index in [0.29, 0.717) is 23.9 Å². The summed E-state index contributed by atoms with van der Waals surface area (Å²) in [6.45, 7) is 4.56. The van der Waals surface area contributed by atoms with Crippen LogP contribution in [0, 0.1) is 5.92 Å². The maximum absolute atomic E-state index is 11.8. The Bertz CT molecular complexity index is 461. The molecular formula is C16H23ClN2O2. The third kappa shape index (κ3) is 5.94. The summed E-state index contributed by atoms with van der Waals surface area (Å²) >= 11 is 5.90. The van der Waals surface area contributed by atoms with Crippen molar-refractivity contribution < 1.29 is 9.53 Å². The fourth-order valence-electron chi connectivity index (χ4n) is 2.46. The van der Waals surface area contributed by atoms with Gasteiger partial charge in [-0.2, -0.15) is 0 Å². The summed E-state index contributed by atoms with van der Waals surface area (Å²) in [6, 6.07) is 7.28. The van der Waals surface area contributed by atoms with E-state index in [9.17, 15) is 4.79 Å². The topological polar surface area (TPSA) is 50.4 Å². The standard InChI is InChI=1S/C16H23ClN2O2/c1-12(21-15-4-2-3-14(17)9-15)10-19-16(20)6-5-13-7-8-18-11-13/h2-4,9,12-13,18H,5-8,10-11H2,1H3,(H,19,20). The Morgan fingerprint density at radius 2 is 2.43 bits per heavy atom. The lowest BCUT2D eigenvalue weighted by Gasteiger charge is -2.16.